The predicted molar refractivity (Wildman–Crippen MR) is 126 cm³/mol. The number of aryl methyl sites for hydroxylation is 1. The second-order valence-electron chi connectivity index (χ2n) is 7.90. The number of ether oxygens (including phenoxy) is 1. The molecular formula is C27H30N2O3. The van der Waals surface area contributed by atoms with E-state index in [0.717, 1.165) is 22.4 Å². The monoisotopic (exact) mass is 430 g/mol. The maximum absolute atomic E-state index is 13.3. The van der Waals surface area contributed by atoms with Crippen LogP contribution in [-0.2, 0) is 29.1 Å². The lowest BCUT2D eigenvalue weighted by Gasteiger charge is -2.30. The fourth-order valence-electron chi connectivity index (χ4n) is 3.56. The van der Waals surface area contributed by atoms with Crippen LogP contribution in [0.15, 0.2) is 78.9 Å². The van der Waals surface area contributed by atoms with Crippen LogP contribution in [0.25, 0.3) is 0 Å². The van der Waals surface area contributed by atoms with Crippen LogP contribution in [0.3, 0.4) is 0 Å². The van der Waals surface area contributed by atoms with Crippen LogP contribution in [0.5, 0.6) is 5.75 Å². The van der Waals surface area contributed by atoms with Gasteiger partial charge in [-0.2, -0.15) is 0 Å². The molecule has 0 fully saturated rings. The van der Waals surface area contributed by atoms with Gasteiger partial charge in [0.15, 0.2) is 0 Å². The summed E-state index contributed by atoms with van der Waals surface area (Å²) in [5.74, 6) is 0.435. The first-order valence-corrected chi connectivity index (χ1v) is 10.7. The van der Waals surface area contributed by atoms with Crippen LogP contribution in [0.1, 0.15) is 29.2 Å². The van der Waals surface area contributed by atoms with Gasteiger partial charge in [-0.25, -0.2) is 0 Å². The van der Waals surface area contributed by atoms with E-state index >= 15 is 0 Å². The molecule has 5 heteroatoms. The van der Waals surface area contributed by atoms with Crippen molar-refractivity contribution in [1.82, 2.24) is 10.2 Å². The van der Waals surface area contributed by atoms with Gasteiger partial charge in [0.1, 0.15) is 11.8 Å². The van der Waals surface area contributed by atoms with E-state index in [-0.39, 0.29) is 11.8 Å². The Bertz CT molecular complexity index is 1020. The SMILES string of the molecule is COc1ccc(CN(C(C)=O)C(Cc2ccccc2)C(=O)NCc2ccc(C)cc2)cc1. The van der Waals surface area contributed by atoms with E-state index in [9.17, 15) is 9.59 Å². The number of carbonyl (C=O) groups excluding carboxylic acids is 2. The summed E-state index contributed by atoms with van der Waals surface area (Å²) in [6.07, 6.45) is 0.441. The summed E-state index contributed by atoms with van der Waals surface area (Å²) in [6, 6.07) is 24.8. The molecule has 0 saturated carbocycles. The zero-order valence-electron chi connectivity index (χ0n) is 18.9. The summed E-state index contributed by atoms with van der Waals surface area (Å²) in [6.45, 7) is 4.30. The van der Waals surface area contributed by atoms with Gasteiger partial charge in [-0.3, -0.25) is 9.59 Å². The normalized spacial score (nSPS) is 11.5. The van der Waals surface area contributed by atoms with Gasteiger partial charge in [-0.1, -0.05) is 72.3 Å². The molecule has 0 aromatic heterocycles. The average molecular weight is 431 g/mol. The van der Waals surface area contributed by atoms with E-state index < -0.39 is 6.04 Å². The van der Waals surface area contributed by atoms with Gasteiger partial charge in [0.2, 0.25) is 11.8 Å². The van der Waals surface area contributed by atoms with Gasteiger partial charge in [0.05, 0.1) is 7.11 Å². The number of methoxy groups -OCH3 is 1. The third-order valence-corrected chi connectivity index (χ3v) is 5.45. The van der Waals surface area contributed by atoms with E-state index in [1.807, 2.05) is 85.8 Å². The minimum Gasteiger partial charge on any atom is -0.497 e. The second kappa shape index (κ2) is 11.1. The van der Waals surface area contributed by atoms with Gasteiger partial charge in [0, 0.05) is 26.4 Å². The molecule has 0 saturated heterocycles. The first-order valence-electron chi connectivity index (χ1n) is 10.7. The van der Waals surface area contributed by atoms with Crippen molar-refractivity contribution in [2.45, 2.75) is 39.4 Å². The number of hydrogen-bond acceptors (Lipinski definition) is 3. The van der Waals surface area contributed by atoms with Crippen LogP contribution in [0.4, 0.5) is 0 Å². The minimum absolute atomic E-state index is 0.146. The van der Waals surface area contributed by atoms with Crippen LogP contribution in [0.2, 0.25) is 0 Å². The van der Waals surface area contributed by atoms with Crippen LogP contribution < -0.4 is 10.1 Å². The molecule has 2 amide bonds. The molecule has 5 nitrogen and oxygen atoms in total. The Morgan fingerprint density at radius 2 is 1.50 bits per heavy atom. The molecule has 1 unspecified atom stereocenters. The summed E-state index contributed by atoms with van der Waals surface area (Å²) in [5, 5.41) is 3.03. The highest BCUT2D eigenvalue weighted by Crippen LogP contribution is 2.17. The summed E-state index contributed by atoms with van der Waals surface area (Å²) < 4.78 is 5.22. The molecule has 0 aliphatic heterocycles. The second-order valence-corrected chi connectivity index (χ2v) is 7.90. The number of nitrogens with one attached hydrogen (secondary N) is 1. The first kappa shape index (κ1) is 23.1. The lowest BCUT2D eigenvalue weighted by atomic mass is 10.0. The lowest BCUT2D eigenvalue weighted by Crippen LogP contribution is -2.49. The molecule has 1 N–H and O–H groups in total. The number of hydrogen-bond donors (Lipinski definition) is 1. The molecule has 0 spiro atoms. The molecule has 0 bridgehead atoms. The summed E-state index contributed by atoms with van der Waals surface area (Å²) >= 11 is 0. The zero-order chi connectivity index (χ0) is 22.9. The minimum atomic E-state index is -0.623. The topological polar surface area (TPSA) is 58.6 Å². The smallest absolute Gasteiger partial charge is 0.243 e. The standard InChI is InChI=1S/C27H30N2O3/c1-20-9-11-23(12-10-20)18-28-27(31)26(17-22-7-5-4-6-8-22)29(21(2)30)19-24-13-15-25(32-3)16-14-24/h4-16,26H,17-19H2,1-3H3,(H,28,31). The van der Waals surface area contributed by atoms with Crippen LogP contribution >= 0.6 is 0 Å². The number of amides is 2. The number of carbonyl (C=O) groups is 2. The first-order chi connectivity index (χ1) is 15.5. The molecule has 0 radical (unpaired) electrons. The van der Waals surface area contributed by atoms with E-state index in [4.69, 9.17) is 4.74 Å². The van der Waals surface area contributed by atoms with Crippen LogP contribution in [0, 0.1) is 6.92 Å². The third-order valence-electron chi connectivity index (χ3n) is 5.45. The average Bonchev–Trinajstić information content (AvgIpc) is 2.81. The highest BCUT2D eigenvalue weighted by molar-refractivity contribution is 5.87. The van der Waals surface area contributed by atoms with Crippen molar-refractivity contribution in [3.8, 4) is 5.75 Å². The molecule has 3 aromatic rings. The fourth-order valence-corrected chi connectivity index (χ4v) is 3.56. The van der Waals surface area contributed by atoms with Crippen LogP contribution in [-0.4, -0.2) is 29.9 Å². The highest BCUT2D eigenvalue weighted by Gasteiger charge is 2.28. The van der Waals surface area contributed by atoms with Gasteiger partial charge >= 0.3 is 0 Å². The Labute approximate surface area is 190 Å². The molecule has 0 heterocycles. The summed E-state index contributed by atoms with van der Waals surface area (Å²) in [5.41, 5.74) is 4.13. The van der Waals surface area contributed by atoms with Gasteiger partial charge in [-0.05, 0) is 35.7 Å². The summed E-state index contributed by atoms with van der Waals surface area (Å²) in [7, 11) is 1.62. The van der Waals surface area contributed by atoms with Crippen molar-refractivity contribution in [2.75, 3.05) is 7.11 Å². The highest BCUT2D eigenvalue weighted by atomic mass is 16.5. The molecule has 0 aliphatic rings. The quantitative estimate of drug-likeness (QED) is 0.551. The van der Waals surface area contributed by atoms with Crippen molar-refractivity contribution in [3.05, 3.63) is 101 Å². The van der Waals surface area contributed by atoms with Gasteiger partial charge < -0.3 is 15.0 Å². The third kappa shape index (κ3) is 6.45. The van der Waals surface area contributed by atoms with Crippen molar-refractivity contribution >= 4 is 11.8 Å². The van der Waals surface area contributed by atoms with E-state index in [1.54, 1.807) is 12.0 Å². The molecule has 32 heavy (non-hydrogen) atoms. The van der Waals surface area contributed by atoms with Crippen molar-refractivity contribution < 1.29 is 14.3 Å². The van der Waals surface area contributed by atoms with Crippen molar-refractivity contribution in [1.29, 1.82) is 0 Å². The maximum Gasteiger partial charge on any atom is 0.243 e. The number of nitrogens with zero attached hydrogens (tertiary/aromatic N) is 1. The molecular weight excluding hydrogens is 400 g/mol. The maximum atomic E-state index is 13.3. The predicted octanol–water partition coefficient (Wildman–Crippen LogP) is 4.28. The largest absolute Gasteiger partial charge is 0.497 e. The van der Waals surface area contributed by atoms with Crippen molar-refractivity contribution in [2.24, 2.45) is 0 Å². The van der Waals surface area contributed by atoms with E-state index in [2.05, 4.69) is 5.32 Å². The molecule has 1 atom stereocenters. The van der Waals surface area contributed by atoms with E-state index in [1.165, 1.54) is 12.5 Å². The number of rotatable bonds is 9. The van der Waals surface area contributed by atoms with E-state index in [0.29, 0.717) is 19.5 Å². The Hall–Kier alpha value is -3.60. The number of benzene rings is 3. The molecule has 3 aromatic carbocycles. The van der Waals surface area contributed by atoms with Crippen molar-refractivity contribution in [3.63, 3.8) is 0 Å². The fraction of sp³-hybridized carbons (Fsp3) is 0.259. The zero-order valence-corrected chi connectivity index (χ0v) is 18.9. The lowest BCUT2D eigenvalue weighted by molar-refractivity contribution is -0.139. The molecule has 3 rings (SSSR count). The Kier molecular flexibility index (Phi) is 8.03. The summed E-state index contributed by atoms with van der Waals surface area (Å²) in [4.78, 5) is 27.6. The molecule has 166 valence electrons. The van der Waals surface area contributed by atoms with Gasteiger partial charge in [-0.15, -0.1) is 0 Å². The Morgan fingerprint density at radius 3 is 2.09 bits per heavy atom. The Balaban J connectivity index is 1.81. The van der Waals surface area contributed by atoms with Gasteiger partial charge in [0.25, 0.3) is 0 Å². The Morgan fingerprint density at radius 1 is 0.875 bits per heavy atom. The molecule has 0 aliphatic carbocycles.